The largest absolute Gasteiger partial charge is 0.342 e. The molecule has 3 nitrogen and oxygen atoms in total. The van der Waals surface area contributed by atoms with E-state index in [0.717, 1.165) is 32.5 Å². The van der Waals surface area contributed by atoms with Crippen molar-refractivity contribution in [2.45, 2.75) is 52.5 Å². The molecule has 1 aliphatic rings. The summed E-state index contributed by atoms with van der Waals surface area (Å²) in [5.74, 6) is 0.755. The number of likely N-dealkylation sites (N-methyl/N-ethyl adjacent to an activating group) is 1. The minimum Gasteiger partial charge on any atom is -0.342 e. The van der Waals surface area contributed by atoms with Crippen LogP contribution in [0.2, 0.25) is 0 Å². The molecule has 0 radical (unpaired) electrons. The Balaban J connectivity index is 2.12. The monoisotopic (exact) mass is 288 g/mol. The van der Waals surface area contributed by atoms with Gasteiger partial charge in [0.2, 0.25) is 5.91 Å². The molecule has 1 fully saturated rings. The molecule has 1 aromatic rings. The third-order valence-corrected chi connectivity index (χ3v) is 4.64. The maximum absolute atomic E-state index is 12.5. The van der Waals surface area contributed by atoms with E-state index in [1.807, 2.05) is 18.7 Å². The van der Waals surface area contributed by atoms with Crippen LogP contribution in [0.15, 0.2) is 18.2 Å². The number of carbonyl (C=O) groups excluding carboxylic acids is 1. The number of nitrogens with zero attached hydrogens (tertiary/aromatic N) is 1. The molecule has 0 aliphatic carbocycles. The highest BCUT2D eigenvalue weighted by Crippen LogP contribution is 2.31. The fraction of sp³-hybridized carbons (Fsp3) is 0.611. The maximum atomic E-state index is 12.5. The summed E-state index contributed by atoms with van der Waals surface area (Å²) in [7, 11) is 0. The highest BCUT2D eigenvalue weighted by Gasteiger charge is 2.30. The molecular weight excluding hydrogens is 260 g/mol. The van der Waals surface area contributed by atoms with Crippen molar-refractivity contribution in [2.75, 3.05) is 19.6 Å². The first-order valence-electron chi connectivity index (χ1n) is 8.16. The van der Waals surface area contributed by atoms with E-state index in [-0.39, 0.29) is 11.9 Å². The summed E-state index contributed by atoms with van der Waals surface area (Å²) < 4.78 is 0. The molecule has 0 aromatic heterocycles. The van der Waals surface area contributed by atoms with Crippen molar-refractivity contribution in [2.24, 2.45) is 0 Å². The van der Waals surface area contributed by atoms with Gasteiger partial charge in [-0.15, -0.1) is 0 Å². The first kappa shape index (κ1) is 16.0. The van der Waals surface area contributed by atoms with Crippen LogP contribution in [-0.4, -0.2) is 36.5 Å². The van der Waals surface area contributed by atoms with Gasteiger partial charge in [-0.05, 0) is 64.1 Å². The number of carbonyl (C=O) groups is 1. The average Bonchev–Trinajstić information content (AvgIpc) is 2.48. The normalized spacial score (nSPS) is 22.1. The van der Waals surface area contributed by atoms with E-state index < -0.39 is 0 Å². The van der Waals surface area contributed by atoms with Gasteiger partial charge >= 0.3 is 0 Å². The molecular formula is C18H28N2O. The Labute approximate surface area is 128 Å². The number of nitrogens with one attached hydrogen (secondary N) is 1. The Morgan fingerprint density at radius 2 is 2.00 bits per heavy atom. The van der Waals surface area contributed by atoms with E-state index in [1.165, 1.54) is 16.7 Å². The van der Waals surface area contributed by atoms with Gasteiger partial charge in [0.05, 0.1) is 6.04 Å². The average molecular weight is 288 g/mol. The van der Waals surface area contributed by atoms with Crippen molar-refractivity contribution in [3.63, 3.8) is 0 Å². The van der Waals surface area contributed by atoms with E-state index >= 15 is 0 Å². The minimum absolute atomic E-state index is 0.0237. The van der Waals surface area contributed by atoms with Crippen LogP contribution in [0.4, 0.5) is 0 Å². The standard InChI is InChI=1S/C18H28N2O/c1-5-20(6-2)18(21)17-12-15(9-10-19-17)16-8-7-13(3)11-14(16)4/h7-8,11,15,17,19H,5-6,9-10,12H2,1-4H3. The highest BCUT2D eigenvalue weighted by molar-refractivity contribution is 5.82. The summed E-state index contributed by atoms with van der Waals surface area (Å²) in [5, 5.41) is 3.41. The molecule has 3 heteroatoms. The number of aryl methyl sites for hydroxylation is 2. The molecule has 1 saturated heterocycles. The SMILES string of the molecule is CCN(CC)C(=O)C1CC(c2ccc(C)cc2C)CCN1. The van der Waals surface area contributed by atoms with Gasteiger partial charge in [-0.2, -0.15) is 0 Å². The zero-order valence-corrected chi connectivity index (χ0v) is 13.8. The summed E-state index contributed by atoms with van der Waals surface area (Å²) in [5.41, 5.74) is 4.08. The molecule has 1 heterocycles. The third-order valence-electron chi connectivity index (χ3n) is 4.64. The molecule has 2 rings (SSSR count). The molecule has 1 N–H and O–H groups in total. The Hall–Kier alpha value is -1.35. The Morgan fingerprint density at radius 1 is 1.29 bits per heavy atom. The summed E-state index contributed by atoms with van der Waals surface area (Å²) in [4.78, 5) is 14.5. The predicted octanol–water partition coefficient (Wildman–Crippen LogP) is 3.01. The molecule has 0 saturated carbocycles. The van der Waals surface area contributed by atoms with Gasteiger partial charge in [0.1, 0.15) is 0 Å². The number of amides is 1. The summed E-state index contributed by atoms with van der Waals surface area (Å²) in [6.07, 6.45) is 2.03. The van der Waals surface area contributed by atoms with Crippen molar-refractivity contribution >= 4 is 5.91 Å². The van der Waals surface area contributed by atoms with Crippen LogP contribution < -0.4 is 5.32 Å². The lowest BCUT2D eigenvalue weighted by atomic mass is 9.83. The third kappa shape index (κ3) is 3.65. The lowest BCUT2D eigenvalue weighted by molar-refractivity contribution is -0.133. The minimum atomic E-state index is -0.0237. The van der Waals surface area contributed by atoms with Crippen molar-refractivity contribution in [3.8, 4) is 0 Å². The summed E-state index contributed by atoms with van der Waals surface area (Å²) >= 11 is 0. The van der Waals surface area contributed by atoms with E-state index in [0.29, 0.717) is 5.92 Å². The zero-order chi connectivity index (χ0) is 15.4. The predicted molar refractivity (Wildman–Crippen MR) is 87.6 cm³/mol. The summed E-state index contributed by atoms with van der Waals surface area (Å²) in [6, 6.07) is 6.66. The van der Waals surface area contributed by atoms with Crippen molar-refractivity contribution in [1.29, 1.82) is 0 Å². The van der Waals surface area contributed by atoms with E-state index in [9.17, 15) is 4.79 Å². The van der Waals surface area contributed by atoms with Gasteiger partial charge in [-0.1, -0.05) is 23.8 Å². The fourth-order valence-corrected chi connectivity index (χ4v) is 3.43. The quantitative estimate of drug-likeness (QED) is 0.923. The second-order valence-corrected chi connectivity index (χ2v) is 6.10. The first-order valence-corrected chi connectivity index (χ1v) is 8.16. The Bertz CT molecular complexity index is 494. The van der Waals surface area contributed by atoms with Crippen LogP contribution in [-0.2, 0) is 4.79 Å². The molecule has 1 aliphatic heterocycles. The number of benzene rings is 1. The lowest BCUT2D eigenvalue weighted by Gasteiger charge is -2.33. The number of piperidine rings is 1. The molecule has 2 unspecified atom stereocenters. The van der Waals surface area contributed by atoms with Crippen LogP contribution in [0.5, 0.6) is 0 Å². The molecule has 2 atom stereocenters. The van der Waals surface area contributed by atoms with Gasteiger partial charge in [-0.25, -0.2) is 0 Å². The second-order valence-electron chi connectivity index (χ2n) is 6.10. The van der Waals surface area contributed by atoms with Crippen molar-refractivity contribution in [3.05, 3.63) is 34.9 Å². The smallest absolute Gasteiger partial charge is 0.239 e. The maximum Gasteiger partial charge on any atom is 0.239 e. The molecule has 0 spiro atoms. The molecule has 0 bridgehead atoms. The molecule has 21 heavy (non-hydrogen) atoms. The molecule has 1 amide bonds. The van der Waals surface area contributed by atoms with Crippen LogP contribution in [0.1, 0.15) is 49.3 Å². The number of rotatable bonds is 4. The Morgan fingerprint density at radius 3 is 2.62 bits per heavy atom. The van der Waals surface area contributed by atoms with Gasteiger partial charge in [-0.3, -0.25) is 4.79 Å². The van der Waals surface area contributed by atoms with Crippen LogP contribution in [0, 0.1) is 13.8 Å². The van der Waals surface area contributed by atoms with Crippen LogP contribution in [0.25, 0.3) is 0 Å². The van der Waals surface area contributed by atoms with Gasteiger partial charge in [0.15, 0.2) is 0 Å². The second kappa shape index (κ2) is 7.08. The van der Waals surface area contributed by atoms with Gasteiger partial charge in [0.25, 0.3) is 0 Å². The van der Waals surface area contributed by atoms with E-state index in [1.54, 1.807) is 0 Å². The van der Waals surface area contributed by atoms with Crippen LogP contribution in [0.3, 0.4) is 0 Å². The first-order chi connectivity index (χ1) is 10.1. The topological polar surface area (TPSA) is 32.3 Å². The number of hydrogen-bond donors (Lipinski definition) is 1. The lowest BCUT2D eigenvalue weighted by Crippen LogP contribution is -2.49. The van der Waals surface area contributed by atoms with Crippen LogP contribution >= 0.6 is 0 Å². The van der Waals surface area contributed by atoms with Crippen molar-refractivity contribution < 1.29 is 4.79 Å². The molecule has 1 aromatic carbocycles. The zero-order valence-electron chi connectivity index (χ0n) is 13.8. The van der Waals surface area contributed by atoms with Gasteiger partial charge < -0.3 is 10.2 Å². The van der Waals surface area contributed by atoms with Crippen molar-refractivity contribution in [1.82, 2.24) is 10.2 Å². The highest BCUT2D eigenvalue weighted by atomic mass is 16.2. The summed E-state index contributed by atoms with van der Waals surface area (Å²) in [6.45, 7) is 10.9. The van der Waals surface area contributed by atoms with E-state index in [2.05, 4.69) is 37.4 Å². The number of hydrogen-bond acceptors (Lipinski definition) is 2. The van der Waals surface area contributed by atoms with E-state index in [4.69, 9.17) is 0 Å². The molecule has 116 valence electrons. The van der Waals surface area contributed by atoms with Gasteiger partial charge in [0, 0.05) is 13.1 Å². The Kier molecular flexibility index (Phi) is 5.40. The fourth-order valence-electron chi connectivity index (χ4n) is 3.43.